The molecule has 160 valence electrons. The lowest BCUT2D eigenvalue weighted by molar-refractivity contribution is -0.149. The van der Waals surface area contributed by atoms with Crippen molar-refractivity contribution in [2.45, 2.75) is 66.0 Å². The molecule has 3 aromatic rings. The molecule has 0 N–H and O–H groups in total. The summed E-state index contributed by atoms with van der Waals surface area (Å²) in [6.07, 6.45) is 2.46. The smallest absolute Gasteiger partial charge is 0.347 e. The Balaban J connectivity index is 2.18. The van der Waals surface area contributed by atoms with E-state index in [4.69, 9.17) is 9.15 Å². The highest BCUT2D eigenvalue weighted by Gasteiger charge is 2.27. The second-order valence-electron chi connectivity index (χ2n) is 7.67. The Morgan fingerprint density at radius 2 is 1.83 bits per heavy atom. The van der Waals surface area contributed by atoms with E-state index in [0.717, 1.165) is 36.8 Å². The first-order valence-corrected chi connectivity index (χ1v) is 10.6. The standard InChI is InChI=1S/C24H28FNO4/c1-5-7-8-9-10-16-13-18-22(27)17-11-14(3)15(4)12-19(17)30-23(18)26-21(16)20(25)24(28)29-6-2/h11-13,20H,5-10H2,1-4H3. The van der Waals surface area contributed by atoms with Crippen molar-refractivity contribution in [3.8, 4) is 0 Å². The van der Waals surface area contributed by atoms with Gasteiger partial charge in [-0.05, 0) is 68.5 Å². The average Bonchev–Trinajstić information content (AvgIpc) is 2.72. The molecule has 2 heterocycles. The van der Waals surface area contributed by atoms with Crippen LogP contribution in [0.4, 0.5) is 4.39 Å². The van der Waals surface area contributed by atoms with Crippen LogP contribution in [0.3, 0.4) is 0 Å². The van der Waals surface area contributed by atoms with Crippen LogP contribution < -0.4 is 5.43 Å². The fourth-order valence-electron chi connectivity index (χ4n) is 3.58. The monoisotopic (exact) mass is 413 g/mol. The number of aromatic nitrogens is 1. The topological polar surface area (TPSA) is 69.4 Å². The lowest BCUT2D eigenvalue weighted by Gasteiger charge is -2.14. The van der Waals surface area contributed by atoms with Crippen LogP contribution in [0.5, 0.6) is 0 Å². The number of ether oxygens (including phenoxy) is 1. The number of halogens is 1. The summed E-state index contributed by atoms with van der Waals surface area (Å²) in [5, 5.41) is 0.773. The maximum absolute atomic E-state index is 15.0. The third kappa shape index (κ3) is 4.37. The van der Waals surface area contributed by atoms with Gasteiger partial charge in [0.2, 0.25) is 17.3 Å². The number of rotatable bonds is 8. The summed E-state index contributed by atoms with van der Waals surface area (Å²) >= 11 is 0. The van der Waals surface area contributed by atoms with Gasteiger partial charge in [-0.3, -0.25) is 4.79 Å². The molecule has 0 amide bonds. The van der Waals surface area contributed by atoms with E-state index in [9.17, 15) is 14.0 Å². The van der Waals surface area contributed by atoms with Crippen molar-refractivity contribution in [3.63, 3.8) is 0 Å². The Morgan fingerprint density at radius 3 is 2.53 bits per heavy atom. The van der Waals surface area contributed by atoms with Crippen molar-refractivity contribution in [2.75, 3.05) is 6.61 Å². The maximum atomic E-state index is 15.0. The molecule has 0 radical (unpaired) electrons. The van der Waals surface area contributed by atoms with Gasteiger partial charge in [0.1, 0.15) is 5.58 Å². The van der Waals surface area contributed by atoms with Crippen LogP contribution in [0.2, 0.25) is 0 Å². The molecule has 0 aliphatic heterocycles. The molecular weight excluding hydrogens is 385 g/mol. The van der Waals surface area contributed by atoms with Crippen LogP contribution >= 0.6 is 0 Å². The van der Waals surface area contributed by atoms with Gasteiger partial charge in [-0.15, -0.1) is 0 Å². The number of fused-ring (bicyclic) bond motifs is 2. The summed E-state index contributed by atoms with van der Waals surface area (Å²) in [4.78, 5) is 29.4. The molecule has 0 bridgehead atoms. The van der Waals surface area contributed by atoms with Crippen LogP contribution in [0.1, 0.15) is 68.1 Å². The lowest BCUT2D eigenvalue weighted by Crippen LogP contribution is -2.16. The van der Waals surface area contributed by atoms with Gasteiger partial charge in [0.15, 0.2) is 0 Å². The predicted molar refractivity (Wildman–Crippen MR) is 116 cm³/mol. The number of nitrogens with zero attached hydrogens (tertiary/aromatic N) is 1. The zero-order chi connectivity index (χ0) is 21.8. The molecule has 0 aliphatic carbocycles. The molecule has 0 aliphatic rings. The van der Waals surface area contributed by atoms with E-state index in [0.29, 0.717) is 28.3 Å². The van der Waals surface area contributed by atoms with Crippen LogP contribution in [0, 0.1) is 13.8 Å². The molecule has 3 rings (SSSR count). The molecule has 0 spiro atoms. The van der Waals surface area contributed by atoms with Crippen molar-refractivity contribution in [2.24, 2.45) is 0 Å². The first-order valence-electron chi connectivity index (χ1n) is 10.6. The second-order valence-corrected chi connectivity index (χ2v) is 7.67. The van der Waals surface area contributed by atoms with Crippen LogP contribution in [0.25, 0.3) is 22.1 Å². The van der Waals surface area contributed by atoms with Crippen molar-refractivity contribution in [1.29, 1.82) is 0 Å². The summed E-state index contributed by atoms with van der Waals surface area (Å²) in [5.74, 6) is -0.978. The van der Waals surface area contributed by atoms with Crippen LogP contribution in [-0.4, -0.2) is 17.6 Å². The fraction of sp³-hybridized carbons (Fsp3) is 0.458. The number of unbranched alkanes of at least 4 members (excludes halogenated alkanes) is 3. The molecule has 0 fully saturated rings. The number of hydrogen-bond acceptors (Lipinski definition) is 5. The van der Waals surface area contributed by atoms with Crippen LogP contribution in [-0.2, 0) is 16.0 Å². The number of benzene rings is 1. The van der Waals surface area contributed by atoms with Crippen molar-refractivity contribution >= 4 is 28.0 Å². The molecule has 5 nitrogen and oxygen atoms in total. The lowest BCUT2D eigenvalue weighted by atomic mass is 10.00. The van der Waals surface area contributed by atoms with Crippen molar-refractivity contribution in [1.82, 2.24) is 4.98 Å². The van der Waals surface area contributed by atoms with Crippen LogP contribution in [0.15, 0.2) is 27.4 Å². The van der Waals surface area contributed by atoms with E-state index in [1.807, 2.05) is 13.8 Å². The average molecular weight is 413 g/mol. The fourth-order valence-corrected chi connectivity index (χ4v) is 3.58. The Labute approximate surface area is 175 Å². The van der Waals surface area contributed by atoms with E-state index in [2.05, 4.69) is 11.9 Å². The summed E-state index contributed by atoms with van der Waals surface area (Å²) in [6, 6.07) is 5.22. The molecule has 0 saturated carbocycles. The van der Waals surface area contributed by atoms with Gasteiger partial charge in [0, 0.05) is 0 Å². The van der Waals surface area contributed by atoms with E-state index in [1.54, 1.807) is 25.1 Å². The highest BCUT2D eigenvalue weighted by atomic mass is 19.1. The highest BCUT2D eigenvalue weighted by Crippen LogP contribution is 2.28. The summed E-state index contributed by atoms with van der Waals surface area (Å²) in [5.41, 5.74) is 2.73. The number of pyridine rings is 1. The zero-order valence-electron chi connectivity index (χ0n) is 18.0. The molecule has 1 aromatic carbocycles. The third-order valence-corrected chi connectivity index (χ3v) is 5.43. The third-order valence-electron chi connectivity index (χ3n) is 5.43. The largest absolute Gasteiger partial charge is 0.464 e. The Bertz CT molecular complexity index is 1140. The number of aryl methyl sites for hydroxylation is 3. The molecule has 1 atom stereocenters. The number of alkyl halides is 1. The molecular formula is C24H28FNO4. The zero-order valence-corrected chi connectivity index (χ0v) is 18.0. The Kier molecular flexibility index (Phi) is 6.85. The first-order chi connectivity index (χ1) is 14.4. The Morgan fingerprint density at radius 1 is 1.10 bits per heavy atom. The number of esters is 1. The van der Waals surface area contributed by atoms with Crippen molar-refractivity contribution < 1.29 is 18.3 Å². The highest BCUT2D eigenvalue weighted by molar-refractivity contribution is 5.89. The molecule has 2 aromatic heterocycles. The van der Waals surface area contributed by atoms with Gasteiger partial charge in [-0.25, -0.2) is 14.2 Å². The molecule has 0 saturated heterocycles. The molecule has 30 heavy (non-hydrogen) atoms. The summed E-state index contributed by atoms with van der Waals surface area (Å²) < 4.78 is 25.7. The van der Waals surface area contributed by atoms with Gasteiger partial charge in [0.05, 0.1) is 23.1 Å². The van der Waals surface area contributed by atoms with E-state index in [-0.39, 0.29) is 23.4 Å². The maximum Gasteiger partial charge on any atom is 0.347 e. The van der Waals surface area contributed by atoms with Gasteiger partial charge in [0.25, 0.3) is 0 Å². The SMILES string of the molecule is CCCCCCc1cc2c(=O)c3cc(C)c(C)cc3oc2nc1C(F)C(=O)OCC. The number of hydrogen-bond donors (Lipinski definition) is 0. The molecule has 1 unspecified atom stereocenters. The Hall–Kier alpha value is -2.76. The number of carbonyl (C=O) groups is 1. The number of carbonyl (C=O) groups excluding carboxylic acids is 1. The minimum atomic E-state index is -2.02. The minimum absolute atomic E-state index is 0.0243. The normalized spacial score (nSPS) is 12.4. The minimum Gasteiger partial charge on any atom is -0.464 e. The van der Waals surface area contributed by atoms with Gasteiger partial charge in [-0.2, -0.15) is 0 Å². The quantitative estimate of drug-likeness (QED) is 0.271. The van der Waals surface area contributed by atoms with E-state index in [1.165, 1.54) is 0 Å². The van der Waals surface area contributed by atoms with Gasteiger partial charge in [-0.1, -0.05) is 26.2 Å². The van der Waals surface area contributed by atoms with Crippen molar-refractivity contribution in [3.05, 3.63) is 50.8 Å². The second kappa shape index (κ2) is 9.37. The van der Waals surface area contributed by atoms with E-state index >= 15 is 0 Å². The summed E-state index contributed by atoms with van der Waals surface area (Å²) in [6.45, 7) is 7.68. The van der Waals surface area contributed by atoms with E-state index < -0.39 is 12.1 Å². The molecule has 6 heteroatoms. The predicted octanol–water partition coefficient (Wildman–Crippen LogP) is 5.65. The van der Waals surface area contributed by atoms with Gasteiger partial charge < -0.3 is 9.15 Å². The first kappa shape index (κ1) is 21.9. The van der Waals surface area contributed by atoms with Gasteiger partial charge >= 0.3 is 5.97 Å². The summed E-state index contributed by atoms with van der Waals surface area (Å²) in [7, 11) is 0.